The average molecular weight is 858 g/mol. The number of nitrogens with zero attached hydrogens (tertiary/aromatic N) is 1. The van der Waals surface area contributed by atoms with Gasteiger partial charge in [-0.3, -0.25) is 19.2 Å². The van der Waals surface area contributed by atoms with E-state index in [1.54, 1.807) is 13.0 Å². The number of Topliss-reactive ketones (excluding diaryl/α,β-unsaturated/α-hetero) is 2. The monoisotopic (exact) mass is 858 g/mol. The molecule has 0 aromatic carbocycles. The van der Waals surface area contributed by atoms with Crippen molar-refractivity contribution in [3.63, 3.8) is 0 Å². The first-order valence-corrected chi connectivity index (χ1v) is 22.0. The molecule has 3 unspecified atom stereocenters. The van der Waals surface area contributed by atoms with Gasteiger partial charge in [-0.05, 0) is 76.0 Å². The molecule has 0 amide bonds. The number of halogens is 4. The van der Waals surface area contributed by atoms with Gasteiger partial charge in [-0.1, -0.05) is 72.1 Å². The van der Waals surface area contributed by atoms with Crippen molar-refractivity contribution in [1.82, 2.24) is 0 Å². The van der Waals surface area contributed by atoms with Gasteiger partial charge in [0.15, 0.2) is 0 Å². The van der Waals surface area contributed by atoms with E-state index < -0.39 is 51.3 Å². The van der Waals surface area contributed by atoms with Crippen LogP contribution < -0.4 is 0 Å². The van der Waals surface area contributed by atoms with Crippen molar-refractivity contribution in [1.29, 1.82) is 6.54 Å². The number of unbranched alkanes of at least 4 members (excludes halogenated alkanes) is 8. The van der Waals surface area contributed by atoms with Crippen LogP contribution in [0.15, 0.2) is 0 Å². The molecule has 2 rings (SSSR count). The van der Waals surface area contributed by atoms with Gasteiger partial charge in [-0.15, -0.1) is 0 Å². The maximum Gasteiger partial charge on any atom is 0.303 e. The van der Waals surface area contributed by atoms with Gasteiger partial charge in [-0.2, -0.15) is 5.26 Å². The Morgan fingerprint density at radius 3 is 1.72 bits per heavy atom. The molecule has 10 nitrogen and oxygen atoms in total. The molecule has 4 N–H and O–H groups in total. The fourth-order valence-corrected chi connectivity index (χ4v) is 8.37. The maximum atomic E-state index is 14.3. The zero-order valence-corrected chi connectivity index (χ0v) is 36.4. The predicted molar refractivity (Wildman–Crippen MR) is 218 cm³/mol. The van der Waals surface area contributed by atoms with E-state index in [4.69, 9.17) is 21.3 Å². The standard InChI is InChI=1S/C21H37F2O4P.C20H34F2O5.C2H3N/c1-3-4-13-21(22,23)15(2)11-12-17-16(18(24)14-19(17)27-28)9-7-5-6-8-10-20(25)26;1-2-3-12-20(21,22)18(25)11-10-15-14(16(23)13-17(15)24)8-6-4-5-7-9-19(26)27;1-2-3/h15-17,19H,3-14,28H2,1-2H3,(H,25,26);14-15,17-18,24-25H,2-13H2,1H3,(H,26,27);1H3/t15?,16-,17-,19-;14-,15-,17-,18?;/m11./s1/i28T;;/t15?,16-,17-,19-,28?;;. The third-order valence-electron chi connectivity index (χ3n) is 11.8. The highest BCUT2D eigenvalue weighted by Crippen LogP contribution is 2.42. The number of aliphatic hydroxyl groups is 2. The van der Waals surface area contributed by atoms with Crippen LogP contribution in [-0.2, 0) is 23.7 Å². The molecule has 0 aromatic rings. The molecule has 2 aliphatic rings. The third kappa shape index (κ3) is 22.4. The second kappa shape index (κ2) is 30.8. The van der Waals surface area contributed by atoms with Gasteiger partial charge in [0.2, 0.25) is 0 Å². The van der Waals surface area contributed by atoms with Crippen LogP contribution in [0.5, 0.6) is 0 Å². The van der Waals surface area contributed by atoms with Gasteiger partial charge >= 0.3 is 11.9 Å². The predicted octanol–water partition coefficient (Wildman–Crippen LogP) is 10.5. The molecular weight excluding hydrogens is 781 g/mol. The minimum atomic E-state index is -3.14. The van der Waals surface area contributed by atoms with Crippen LogP contribution in [0.25, 0.3) is 0 Å². The summed E-state index contributed by atoms with van der Waals surface area (Å²) in [5.41, 5.74) is 0. The number of rotatable bonds is 30. The summed E-state index contributed by atoms with van der Waals surface area (Å²) >= 11 is 0. The topological polar surface area (TPSA) is 182 Å². The van der Waals surface area contributed by atoms with Crippen molar-refractivity contribution in [3.05, 3.63) is 0 Å². The number of carbonyl (C=O) groups is 4. The van der Waals surface area contributed by atoms with Crippen molar-refractivity contribution in [2.75, 3.05) is 0 Å². The summed E-state index contributed by atoms with van der Waals surface area (Å²) in [5, 5.41) is 44.6. The number of ketones is 2. The molecule has 15 heteroatoms. The summed E-state index contributed by atoms with van der Waals surface area (Å²) in [7, 11) is -0.461. The molecule has 2 aliphatic carbocycles. The fraction of sp³-hybridized carbons (Fsp3) is 0.884. The average Bonchev–Trinajstić information content (AvgIpc) is 3.61. The second-order valence-corrected chi connectivity index (χ2v) is 16.6. The van der Waals surface area contributed by atoms with Crippen molar-refractivity contribution in [2.24, 2.45) is 29.6 Å². The molecule has 0 spiro atoms. The van der Waals surface area contributed by atoms with Crippen molar-refractivity contribution < 1.29 is 61.7 Å². The van der Waals surface area contributed by atoms with Crippen molar-refractivity contribution in [3.8, 4) is 6.07 Å². The number of carbonyl (C=O) groups excluding carboxylic acids is 2. The first-order chi connectivity index (χ1) is 27.8. The number of alkyl halides is 4. The first kappa shape index (κ1) is 53.8. The Kier molecular flexibility index (Phi) is 28.5. The molecular formula is C43H74F4NO9P. The Morgan fingerprint density at radius 1 is 0.793 bits per heavy atom. The number of aliphatic carboxylic acids is 2. The number of carboxylic acids is 2. The highest BCUT2D eigenvalue weighted by molar-refractivity contribution is 7.09. The van der Waals surface area contributed by atoms with E-state index in [-0.39, 0.29) is 92.7 Å². The zero-order valence-electron chi connectivity index (χ0n) is 36.4. The smallest absolute Gasteiger partial charge is 0.303 e. The zero-order chi connectivity index (χ0) is 45.0. The summed E-state index contributed by atoms with van der Waals surface area (Å²) < 4.78 is 69.3. The number of carboxylic acid groups (broad SMARTS) is 2. The second-order valence-electron chi connectivity index (χ2n) is 16.3. The fourth-order valence-electron chi connectivity index (χ4n) is 8.12. The largest absolute Gasteiger partial charge is 0.481 e. The van der Waals surface area contributed by atoms with Crippen LogP contribution >= 0.6 is 9.41 Å². The molecule has 2 saturated carbocycles. The molecule has 0 aromatic heterocycles. The minimum Gasteiger partial charge on any atom is -0.481 e. The summed E-state index contributed by atoms with van der Waals surface area (Å²) in [6, 6.07) is 1.75. The van der Waals surface area contributed by atoms with Crippen LogP contribution in [-0.4, -0.2) is 75.4 Å². The van der Waals surface area contributed by atoms with E-state index in [9.17, 15) is 47.0 Å². The molecule has 338 valence electrons. The molecule has 0 heterocycles. The summed E-state index contributed by atoms with van der Waals surface area (Å²) in [6.45, 7) is 6.74. The highest BCUT2D eigenvalue weighted by atomic mass is 31.0. The van der Waals surface area contributed by atoms with E-state index in [1.165, 1.54) is 6.92 Å². The van der Waals surface area contributed by atoms with Crippen LogP contribution in [0.3, 0.4) is 0 Å². The Hall–Kier alpha value is -2.20. The van der Waals surface area contributed by atoms with Crippen molar-refractivity contribution >= 4 is 32.9 Å². The molecule has 9 atom stereocenters. The lowest BCUT2D eigenvalue weighted by molar-refractivity contribution is -0.138. The molecule has 2 fully saturated rings. The van der Waals surface area contributed by atoms with Crippen LogP contribution in [0.2, 0.25) is 0 Å². The summed E-state index contributed by atoms with van der Waals surface area (Å²) in [4.78, 5) is 45.7. The van der Waals surface area contributed by atoms with Gasteiger partial charge in [0, 0.05) is 72.6 Å². The Morgan fingerprint density at radius 2 is 1.24 bits per heavy atom. The lowest BCUT2D eigenvalue weighted by Crippen LogP contribution is -2.34. The lowest BCUT2D eigenvalue weighted by Gasteiger charge is -2.28. The number of nitriles is 1. The molecule has 0 saturated heterocycles. The van der Waals surface area contributed by atoms with E-state index in [0.29, 0.717) is 57.8 Å². The van der Waals surface area contributed by atoms with Crippen LogP contribution in [0, 0.1) is 40.9 Å². The van der Waals surface area contributed by atoms with E-state index in [0.717, 1.165) is 44.9 Å². The van der Waals surface area contributed by atoms with Gasteiger partial charge in [-0.25, -0.2) is 17.6 Å². The minimum absolute atomic E-state index is 0.0368. The quantitative estimate of drug-likeness (QED) is 0.0308. The van der Waals surface area contributed by atoms with Gasteiger partial charge in [0.1, 0.15) is 17.7 Å². The van der Waals surface area contributed by atoms with Gasteiger partial charge in [0.05, 0.1) is 19.6 Å². The van der Waals surface area contributed by atoms with Gasteiger partial charge in [0.25, 0.3) is 11.8 Å². The van der Waals surface area contributed by atoms with E-state index in [1.807, 2.05) is 13.8 Å². The van der Waals surface area contributed by atoms with Gasteiger partial charge < -0.3 is 24.9 Å². The Labute approximate surface area is 348 Å². The summed E-state index contributed by atoms with van der Waals surface area (Å²) in [6.07, 6.45) is 7.78. The normalized spacial score (nSPS) is 23.4. The van der Waals surface area contributed by atoms with E-state index in [2.05, 4.69) is 0 Å². The number of hydrogen-bond acceptors (Lipinski definition) is 8. The number of aliphatic hydroxyl groups excluding tert-OH is 2. The summed E-state index contributed by atoms with van der Waals surface area (Å²) in [5.74, 6) is -9.11. The molecule has 0 aliphatic heterocycles. The first-order valence-electron chi connectivity index (χ1n) is 22.1. The lowest BCUT2D eigenvalue weighted by atomic mass is 9.82. The number of hydrogen-bond donors (Lipinski definition) is 4. The van der Waals surface area contributed by atoms with Crippen molar-refractivity contribution in [2.45, 2.75) is 212 Å². The third-order valence-corrected chi connectivity index (χ3v) is 12.1. The molecule has 58 heavy (non-hydrogen) atoms. The van der Waals surface area contributed by atoms with E-state index >= 15 is 0 Å². The Bertz CT molecular complexity index is 1240. The molecule has 0 bridgehead atoms. The Balaban J connectivity index is 0.00000107. The highest BCUT2D eigenvalue weighted by Gasteiger charge is 2.45. The SMILES string of the molecule is CC#N.CCCCC(F)(F)C(O)CC[C@H]1[C@H](O)CC(=O)[C@@H]1CCCCCCC(=O)O.[3H]PO[C@@H]1CC(=O)[C@H](CCCCCCC(=O)O)[C@H]1CCC(C)C(F)(F)CCCC. The molecule has 0 radical (unpaired) electrons. The van der Waals surface area contributed by atoms with Crippen LogP contribution in [0.1, 0.15) is 182 Å². The van der Waals surface area contributed by atoms with Crippen LogP contribution in [0.4, 0.5) is 17.6 Å². The maximum absolute atomic E-state index is 14.3.